The fourth-order valence-corrected chi connectivity index (χ4v) is 1.50. The van der Waals surface area contributed by atoms with Crippen LogP contribution in [-0.4, -0.2) is 22.3 Å². The van der Waals surface area contributed by atoms with E-state index in [2.05, 4.69) is 0 Å². The van der Waals surface area contributed by atoms with Crippen LogP contribution in [0.15, 0.2) is 0 Å². The number of nitrogens with one attached hydrogen (secondary N) is 1. The first kappa shape index (κ1) is 13.0. The Morgan fingerprint density at radius 1 is 1.33 bits per heavy atom. The van der Waals surface area contributed by atoms with Crippen molar-refractivity contribution in [1.29, 1.82) is 0 Å². The van der Waals surface area contributed by atoms with Gasteiger partial charge in [-0.15, -0.1) is 0 Å². The maximum Gasteiger partial charge on any atom is 1.00 e. The van der Waals surface area contributed by atoms with Crippen LogP contribution in [0.5, 0.6) is 0 Å². The van der Waals surface area contributed by atoms with Gasteiger partial charge in [-0.05, 0) is 12.8 Å². The van der Waals surface area contributed by atoms with E-state index in [0.717, 1.165) is 12.8 Å². The van der Waals surface area contributed by atoms with Crippen molar-refractivity contribution in [3.63, 3.8) is 0 Å². The van der Waals surface area contributed by atoms with E-state index in [1.165, 1.54) is 0 Å². The van der Waals surface area contributed by atoms with Crippen LogP contribution < -0.4 is 56.9 Å². The van der Waals surface area contributed by atoms with Crippen LogP contribution in [0.25, 0.3) is 0 Å². The molecule has 0 aromatic rings. The average molecular weight is 198 g/mol. The third-order valence-electron chi connectivity index (χ3n) is 2.18. The normalized spacial score (nSPS) is 28.8. The van der Waals surface area contributed by atoms with Gasteiger partial charge in [-0.3, -0.25) is 10.0 Å². The van der Waals surface area contributed by atoms with Gasteiger partial charge in [0, 0.05) is 0 Å². The van der Waals surface area contributed by atoms with Gasteiger partial charge in [0.25, 0.3) is 0 Å². The van der Waals surface area contributed by atoms with Crippen LogP contribution in [0.3, 0.4) is 0 Å². The van der Waals surface area contributed by atoms with E-state index in [4.69, 9.17) is 5.21 Å². The predicted molar refractivity (Wildman–Crippen MR) is 37.9 cm³/mol. The molecule has 1 rings (SSSR count). The minimum absolute atomic E-state index is 0. The first-order chi connectivity index (χ1) is 5.25. The van der Waals surface area contributed by atoms with Crippen LogP contribution in [0.2, 0.25) is 0 Å². The molecule has 1 saturated carbocycles. The molecule has 0 aromatic carbocycles. The van der Waals surface area contributed by atoms with E-state index < -0.39 is 17.9 Å². The molecule has 3 N–H and O–H groups in total. The van der Waals surface area contributed by atoms with Gasteiger partial charge in [-0.25, -0.2) is 5.48 Å². The fraction of sp³-hybridized carbons (Fsp3) is 0.857. The Balaban J connectivity index is 0.00000121. The second kappa shape index (κ2) is 6.48. The van der Waals surface area contributed by atoms with E-state index in [-0.39, 0.29) is 51.4 Å². The largest absolute Gasteiger partial charge is 1.00 e. The first-order valence-corrected chi connectivity index (χ1v) is 3.87. The number of hydrogen-bond donors (Lipinski definition) is 3. The molecule has 0 saturated heterocycles. The summed E-state index contributed by atoms with van der Waals surface area (Å²) >= 11 is 0. The molecule has 5 heteroatoms. The molecule has 1 fully saturated rings. The van der Waals surface area contributed by atoms with Crippen molar-refractivity contribution in [2.75, 3.05) is 0 Å². The molecule has 64 valence electrons. The average Bonchev–Trinajstić information content (AvgIpc) is 2.04. The van der Waals surface area contributed by atoms with E-state index in [9.17, 15) is 9.90 Å². The summed E-state index contributed by atoms with van der Waals surface area (Å²) in [5.74, 6) is -0.869. The predicted octanol–water partition coefficient (Wildman–Crippen LogP) is -2.95. The molecular weight excluding hydrogens is 185 g/mol. The Bertz CT molecular complexity index is 154. The van der Waals surface area contributed by atoms with Crippen LogP contribution in [0.4, 0.5) is 0 Å². The summed E-state index contributed by atoms with van der Waals surface area (Å²) in [7, 11) is 0. The molecule has 12 heavy (non-hydrogen) atoms. The number of carbonyl (C=O) groups excluding carboxylic acids is 1. The molecule has 2 unspecified atom stereocenters. The van der Waals surface area contributed by atoms with Crippen molar-refractivity contribution in [2.24, 2.45) is 5.92 Å². The second-order valence-corrected chi connectivity index (χ2v) is 2.93. The van der Waals surface area contributed by atoms with Crippen molar-refractivity contribution in [2.45, 2.75) is 31.8 Å². The zero-order chi connectivity index (χ0) is 8.27. The van der Waals surface area contributed by atoms with Gasteiger partial charge < -0.3 is 5.11 Å². The molecule has 2 atom stereocenters. The van der Waals surface area contributed by atoms with Gasteiger partial charge in [-0.2, -0.15) is 0 Å². The number of carbonyl (C=O) groups is 1. The SMILES string of the molecule is O=C(NO)C1CCCCC1O.[K+]. The minimum atomic E-state index is -0.573. The molecule has 4 nitrogen and oxygen atoms in total. The Morgan fingerprint density at radius 3 is 2.42 bits per heavy atom. The summed E-state index contributed by atoms with van der Waals surface area (Å²) in [6, 6.07) is 0. The molecule has 0 spiro atoms. The summed E-state index contributed by atoms with van der Waals surface area (Å²) in [6.45, 7) is 0. The molecule has 0 aromatic heterocycles. The number of hydrogen-bond acceptors (Lipinski definition) is 3. The van der Waals surface area contributed by atoms with Gasteiger partial charge in [0.2, 0.25) is 5.91 Å². The smallest absolute Gasteiger partial charge is 0.392 e. The molecule has 0 bridgehead atoms. The van der Waals surface area contributed by atoms with Gasteiger partial charge >= 0.3 is 51.4 Å². The van der Waals surface area contributed by atoms with Crippen molar-refractivity contribution in [3.05, 3.63) is 0 Å². The van der Waals surface area contributed by atoms with Crippen LogP contribution in [0, 0.1) is 5.92 Å². The van der Waals surface area contributed by atoms with Crippen LogP contribution in [-0.2, 0) is 4.79 Å². The van der Waals surface area contributed by atoms with E-state index in [1.807, 2.05) is 0 Å². The zero-order valence-electron chi connectivity index (χ0n) is 7.29. The fourth-order valence-electron chi connectivity index (χ4n) is 1.50. The Hall–Kier alpha value is 1.03. The summed E-state index contributed by atoms with van der Waals surface area (Å²) in [5.41, 5.74) is 1.57. The Morgan fingerprint density at radius 2 is 1.92 bits per heavy atom. The zero-order valence-corrected chi connectivity index (χ0v) is 10.4. The quantitative estimate of drug-likeness (QED) is 0.240. The van der Waals surface area contributed by atoms with Crippen molar-refractivity contribution in [1.82, 2.24) is 5.48 Å². The Kier molecular flexibility index (Phi) is 7.03. The molecule has 1 aliphatic carbocycles. The van der Waals surface area contributed by atoms with Gasteiger partial charge in [0.1, 0.15) is 0 Å². The number of hydroxylamine groups is 1. The summed E-state index contributed by atoms with van der Waals surface area (Å²) in [4.78, 5) is 10.9. The maximum absolute atomic E-state index is 10.9. The van der Waals surface area contributed by atoms with Gasteiger partial charge in [-0.1, -0.05) is 12.8 Å². The summed E-state index contributed by atoms with van der Waals surface area (Å²) in [6.07, 6.45) is 2.69. The molecular formula is C7H13KNO3+. The maximum atomic E-state index is 10.9. The number of aliphatic hydroxyl groups is 1. The standard InChI is InChI=1S/C7H13NO3.K/c9-6-4-2-1-3-5(6)7(10)8-11;/h5-6,9,11H,1-4H2,(H,8,10);/q;+1. The van der Waals surface area contributed by atoms with E-state index in [0.29, 0.717) is 12.8 Å². The van der Waals surface area contributed by atoms with Crippen LogP contribution in [0.1, 0.15) is 25.7 Å². The van der Waals surface area contributed by atoms with Crippen molar-refractivity contribution < 1.29 is 66.5 Å². The molecule has 0 heterocycles. The van der Waals surface area contributed by atoms with Gasteiger partial charge in [0.15, 0.2) is 0 Å². The molecule has 0 aliphatic heterocycles. The molecule has 1 aliphatic rings. The van der Waals surface area contributed by atoms with E-state index >= 15 is 0 Å². The van der Waals surface area contributed by atoms with Crippen LogP contribution >= 0.6 is 0 Å². The number of amides is 1. The third kappa shape index (κ3) is 3.41. The molecule has 0 radical (unpaired) electrons. The van der Waals surface area contributed by atoms with Crippen molar-refractivity contribution >= 4 is 5.91 Å². The summed E-state index contributed by atoms with van der Waals surface area (Å²) < 4.78 is 0. The number of aliphatic hydroxyl groups excluding tert-OH is 1. The summed E-state index contributed by atoms with van der Waals surface area (Å²) in [5, 5.41) is 17.6. The first-order valence-electron chi connectivity index (χ1n) is 3.87. The number of rotatable bonds is 1. The minimum Gasteiger partial charge on any atom is -0.392 e. The topological polar surface area (TPSA) is 69.6 Å². The van der Waals surface area contributed by atoms with E-state index in [1.54, 1.807) is 5.48 Å². The third-order valence-corrected chi connectivity index (χ3v) is 2.18. The Labute approximate surface area is 114 Å². The molecule has 1 amide bonds. The van der Waals surface area contributed by atoms with Gasteiger partial charge in [0.05, 0.1) is 12.0 Å². The second-order valence-electron chi connectivity index (χ2n) is 2.93. The van der Waals surface area contributed by atoms with Crippen molar-refractivity contribution in [3.8, 4) is 0 Å². The monoisotopic (exact) mass is 198 g/mol.